The molecule has 0 unspecified atom stereocenters. The fourth-order valence-corrected chi connectivity index (χ4v) is 12.1. The van der Waals surface area contributed by atoms with Crippen molar-refractivity contribution in [2.75, 3.05) is 0 Å². The van der Waals surface area contributed by atoms with Gasteiger partial charge in [0.1, 0.15) is 68.4 Å². The van der Waals surface area contributed by atoms with Crippen molar-refractivity contribution < 1.29 is 13.3 Å². The van der Waals surface area contributed by atoms with E-state index in [2.05, 4.69) is 91.0 Å². The SMILES string of the molecule is N#Cc1c(-n2c3ccccc3c3c4oc5ccccc5c4ccc32)c(C#N)c(-n2c3ccccc3c3c4oc5ccccc5c4ccc32)c(C#N)c1-n1c2ccccc2c2c3oc4ccccc4c3ccc21. The number of fused-ring (bicyclic) bond motifs is 21. The lowest BCUT2D eigenvalue weighted by atomic mass is 9.96. The Labute approximate surface area is 406 Å². The third kappa shape index (κ3) is 4.68. The van der Waals surface area contributed by atoms with Gasteiger partial charge in [0.15, 0.2) is 0 Å². The molecule has 0 aliphatic carbocycles. The third-order valence-electron chi connectivity index (χ3n) is 15.0. The van der Waals surface area contributed by atoms with Crippen LogP contribution in [0.5, 0.6) is 0 Å². The van der Waals surface area contributed by atoms with Crippen LogP contribution >= 0.6 is 0 Å². The van der Waals surface area contributed by atoms with Gasteiger partial charge in [-0.25, -0.2) is 0 Å². The smallest absolute Gasteiger partial charge is 0.145 e. The van der Waals surface area contributed by atoms with Gasteiger partial charge in [0.25, 0.3) is 0 Å². The molecule has 0 saturated carbocycles. The zero-order valence-corrected chi connectivity index (χ0v) is 37.7. The molecule has 6 heterocycles. The molecule has 0 radical (unpaired) electrons. The quantitative estimate of drug-likeness (QED) is 0.174. The highest BCUT2D eigenvalue weighted by Crippen LogP contribution is 2.49. The summed E-state index contributed by atoms with van der Waals surface area (Å²) >= 11 is 0. The molecule has 0 spiro atoms. The van der Waals surface area contributed by atoms with E-state index in [1.807, 2.05) is 123 Å². The van der Waals surface area contributed by atoms with Gasteiger partial charge < -0.3 is 27.0 Å². The summed E-state index contributed by atoms with van der Waals surface area (Å²) in [5.41, 5.74) is 10.3. The largest absolute Gasteiger partial charge is 0.455 e. The molecule has 0 N–H and O–H groups in total. The van der Waals surface area contributed by atoms with Gasteiger partial charge in [-0.1, -0.05) is 109 Å². The average molecular weight is 919 g/mol. The molecule has 330 valence electrons. The van der Waals surface area contributed by atoms with Crippen LogP contribution in [0.25, 0.3) is 148 Å². The number of nitrogens with zero attached hydrogens (tertiary/aromatic N) is 6. The predicted octanol–water partition coefficient (Wildman–Crippen LogP) is 16.3. The van der Waals surface area contributed by atoms with Gasteiger partial charge in [-0.2, -0.15) is 15.8 Å². The van der Waals surface area contributed by atoms with Crippen molar-refractivity contribution in [3.05, 3.63) is 199 Å². The Balaban J connectivity index is 1.15. The number of benzene rings is 10. The van der Waals surface area contributed by atoms with E-state index in [4.69, 9.17) is 13.3 Å². The maximum Gasteiger partial charge on any atom is 0.145 e. The summed E-state index contributed by atoms with van der Waals surface area (Å²) in [4.78, 5) is 0. The molecular weight excluding hydrogens is 889 g/mol. The van der Waals surface area contributed by atoms with E-state index in [-0.39, 0.29) is 16.7 Å². The van der Waals surface area contributed by atoms with Gasteiger partial charge in [0.05, 0.1) is 66.3 Å². The van der Waals surface area contributed by atoms with Crippen molar-refractivity contribution in [1.29, 1.82) is 15.8 Å². The van der Waals surface area contributed by atoms with E-state index in [9.17, 15) is 15.8 Å². The van der Waals surface area contributed by atoms with Crippen LogP contribution in [0.3, 0.4) is 0 Å². The van der Waals surface area contributed by atoms with Crippen molar-refractivity contribution in [1.82, 2.24) is 13.7 Å². The van der Waals surface area contributed by atoms with Crippen molar-refractivity contribution in [2.45, 2.75) is 0 Å². The molecule has 0 aliphatic rings. The first-order valence-corrected chi connectivity index (χ1v) is 23.6. The number of aromatic nitrogens is 3. The zero-order chi connectivity index (χ0) is 47.5. The second-order valence-electron chi connectivity index (χ2n) is 18.4. The van der Waals surface area contributed by atoms with Crippen LogP contribution in [0.1, 0.15) is 16.7 Å². The lowest BCUT2D eigenvalue weighted by Crippen LogP contribution is -2.14. The number of para-hydroxylation sites is 6. The lowest BCUT2D eigenvalue weighted by Gasteiger charge is -2.23. The predicted molar refractivity (Wildman–Crippen MR) is 285 cm³/mol. The Bertz CT molecular complexity index is 4740. The highest BCUT2D eigenvalue weighted by molar-refractivity contribution is 6.27. The molecule has 0 amide bonds. The fraction of sp³-hybridized carbons (Fsp3) is 0. The van der Waals surface area contributed by atoms with Crippen LogP contribution in [0.2, 0.25) is 0 Å². The average Bonchev–Trinajstić information content (AvgIpc) is 4.28. The summed E-state index contributed by atoms with van der Waals surface area (Å²) in [6.45, 7) is 0. The minimum atomic E-state index is 0.145. The van der Waals surface area contributed by atoms with E-state index in [1.165, 1.54) is 0 Å². The first-order chi connectivity index (χ1) is 35.6. The standard InChI is InChI=1S/C63H30N6O3/c64-31-43-58(67-46-19-7-1-16-40(46)55-49(67)28-25-37-34-13-4-10-22-52(34)70-61(37)55)44(32-65)60(69-48-21-9-3-18-42(48)57-51(69)30-27-39-36-15-6-12-24-54(36)72-63(39)57)45(33-66)59(43)68-47-20-8-2-17-41(47)56-50(68)29-26-38-35-14-5-11-23-53(35)71-62(38)56/h1-30H. The Morgan fingerprint density at radius 1 is 0.264 bits per heavy atom. The van der Waals surface area contributed by atoms with Gasteiger partial charge in [-0.3, -0.25) is 0 Å². The third-order valence-corrected chi connectivity index (χ3v) is 15.0. The van der Waals surface area contributed by atoms with Crippen molar-refractivity contribution in [2.24, 2.45) is 0 Å². The van der Waals surface area contributed by atoms with Gasteiger partial charge in [-0.15, -0.1) is 0 Å². The molecule has 9 heteroatoms. The maximum atomic E-state index is 12.1. The highest BCUT2D eigenvalue weighted by Gasteiger charge is 2.34. The van der Waals surface area contributed by atoms with Crippen LogP contribution in [0.15, 0.2) is 195 Å². The van der Waals surface area contributed by atoms with Gasteiger partial charge in [0, 0.05) is 48.5 Å². The molecule has 16 aromatic rings. The van der Waals surface area contributed by atoms with Crippen molar-refractivity contribution in [3.8, 4) is 35.3 Å². The Kier molecular flexibility index (Phi) is 7.37. The highest BCUT2D eigenvalue weighted by atomic mass is 16.3. The van der Waals surface area contributed by atoms with E-state index >= 15 is 0 Å². The van der Waals surface area contributed by atoms with Crippen molar-refractivity contribution in [3.63, 3.8) is 0 Å². The van der Waals surface area contributed by atoms with E-state index < -0.39 is 0 Å². The summed E-state index contributed by atoms with van der Waals surface area (Å²) in [7, 11) is 0. The molecule has 0 atom stereocenters. The number of furan rings is 3. The number of nitriles is 3. The van der Waals surface area contributed by atoms with Gasteiger partial charge in [-0.05, 0) is 72.8 Å². The number of hydrogen-bond donors (Lipinski definition) is 0. The van der Waals surface area contributed by atoms with Crippen LogP contribution < -0.4 is 0 Å². The molecule has 72 heavy (non-hydrogen) atoms. The molecule has 0 bridgehead atoms. The minimum Gasteiger partial charge on any atom is -0.455 e. The van der Waals surface area contributed by atoms with Gasteiger partial charge >= 0.3 is 0 Å². The van der Waals surface area contributed by atoms with Crippen LogP contribution in [0.4, 0.5) is 0 Å². The molecule has 10 aromatic carbocycles. The van der Waals surface area contributed by atoms with Crippen LogP contribution in [-0.4, -0.2) is 13.7 Å². The Morgan fingerprint density at radius 2 is 0.528 bits per heavy atom. The number of hydrogen-bond acceptors (Lipinski definition) is 6. The fourth-order valence-electron chi connectivity index (χ4n) is 12.1. The first kappa shape index (κ1) is 38.4. The summed E-state index contributed by atoms with van der Waals surface area (Å²) in [5, 5.41) is 47.2. The number of rotatable bonds is 3. The second kappa shape index (κ2) is 13.8. The second-order valence-corrected chi connectivity index (χ2v) is 18.4. The Hall–Kier alpha value is -10.5. The maximum absolute atomic E-state index is 12.1. The molecule has 0 aliphatic heterocycles. The van der Waals surface area contributed by atoms with Gasteiger partial charge in [0.2, 0.25) is 0 Å². The summed E-state index contributed by atoms with van der Waals surface area (Å²) in [6, 6.07) is 68.3. The molecule has 16 rings (SSSR count). The first-order valence-electron chi connectivity index (χ1n) is 23.6. The van der Waals surface area contributed by atoms with Crippen LogP contribution in [-0.2, 0) is 0 Å². The lowest BCUT2D eigenvalue weighted by molar-refractivity contribution is 0.672. The summed E-state index contributed by atoms with van der Waals surface area (Å²) in [5.74, 6) is 0. The van der Waals surface area contributed by atoms with E-state index in [0.29, 0.717) is 33.8 Å². The topological polar surface area (TPSA) is 126 Å². The summed E-state index contributed by atoms with van der Waals surface area (Å²) in [6.07, 6.45) is 0. The van der Waals surface area contributed by atoms with Crippen LogP contribution in [0, 0.1) is 34.0 Å². The normalized spacial score (nSPS) is 12.1. The molecule has 6 aromatic heterocycles. The van der Waals surface area contributed by atoms with Crippen molar-refractivity contribution >= 4 is 131 Å². The van der Waals surface area contributed by atoms with E-state index in [0.717, 1.165) is 114 Å². The Morgan fingerprint density at radius 3 is 0.819 bits per heavy atom. The zero-order valence-electron chi connectivity index (χ0n) is 37.7. The monoisotopic (exact) mass is 918 g/mol. The summed E-state index contributed by atoms with van der Waals surface area (Å²) < 4.78 is 26.3. The van der Waals surface area contributed by atoms with E-state index in [1.54, 1.807) is 0 Å². The minimum absolute atomic E-state index is 0.145. The molecular formula is C63H30N6O3. The molecule has 0 fully saturated rings. The molecule has 0 saturated heterocycles. The molecule has 9 nitrogen and oxygen atoms in total.